The van der Waals surface area contributed by atoms with Crippen molar-refractivity contribution in [2.45, 2.75) is 6.04 Å². The first-order valence-electron chi connectivity index (χ1n) is 5.64. The zero-order valence-corrected chi connectivity index (χ0v) is 10.7. The van der Waals surface area contributed by atoms with Crippen molar-refractivity contribution in [3.8, 4) is 0 Å². The molecule has 17 heavy (non-hydrogen) atoms. The summed E-state index contributed by atoms with van der Waals surface area (Å²) in [5.41, 5.74) is 0. The lowest BCUT2D eigenvalue weighted by molar-refractivity contribution is -0.141. The van der Waals surface area contributed by atoms with Crippen LogP contribution in [0.4, 0.5) is 4.79 Å². The van der Waals surface area contributed by atoms with E-state index in [9.17, 15) is 9.59 Å². The van der Waals surface area contributed by atoms with Gasteiger partial charge in [-0.1, -0.05) is 0 Å². The van der Waals surface area contributed by atoms with Crippen LogP contribution in [0.1, 0.15) is 0 Å². The maximum Gasteiger partial charge on any atom is 0.327 e. The molecule has 1 N–H and O–H groups in total. The van der Waals surface area contributed by atoms with Gasteiger partial charge in [-0.2, -0.15) is 0 Å². The zero-order valence-electron chi connectivity index (χ0n) is 9.83. The molecular weight excluding hydrogens is 242 g/mol. The number of carbonyl (C=O) groups excluding carboxylic acids is 1. The van der Waals surface area contributed by atoms with E-state index in [2.05, 4.69) is 4.90 Å². The summed E-state index contributed by atoms with van der Waals surface area (Å²) in [6, 6.07) is -0.789. The molecule has 2 rings (SSSR count). The standard InChI is InChI=1S/C10H17N3O3S/c1-11-2-4-12(5-3-11)10(16)13-7-17-6-8(13)9(14)15/h8H,2-7H2,1H3,(H,14,15)/t8-/m0/s1. The quantitative estimate of drug-likeness (QED) is 0.707. The minimum atomic E-state index is -0.905. The van der Waals surface area contributed by atoms with Crippen LogP contribution in [0.5, 0.6) is 0 Å². The molecule has 0 unspecified atom stereocenters. The molecule has 0 spiro atoms. The fourth-order valence-electron chi connectivity index (χ4n) is 2.02. The van der Waals surface area contributed by atoms with Crippen molar-refractivity contribution in [2.75, 3.05) is 44.9 Å². The van der Waals surface area contributed by atoms with Crippen LogP contribution in [0.15, 0.2) is 0 Å². The number of carboxylic acid groups (broad SMARTS) is 1. The summed E-state index contributed by atoms with van der Waals surface area (Å²) >= 11 is 1.50. The summed E-state index contributed by atoms with van der Waals surface area (Å²) in [6.07, 6.45) is 0. The number of aliphatic carboxylic acids is 1. The van der Waals surface area contributed by atoms with Crippen molar-refractivity contribution in [2.24, 2.45) is 0 Å². The van der Waals surface area contributed by atoms with Crippen molar-refractivity contribution in [3.05, 3.63) is 0 Å². The largest absolute Gasteiger partial charge is 0.480 e. The highest BCUT2D eigenvalue weighted by Crippen LogP contribution is 2.22. The highest BCUT2D eigenvalue weighted by atomic mass is 32.2. The number of nitrogens with zero attached hydrogens (tertiary/aromatic N) is 3. The summed E-state index contributed by atoms with van der Waals surface area (Å²) in [5, 5.41) is 9.04. The van der Waals surface area contributed by atoms with E-state index in [1.807, 2.05) is 7.05 Å². The number of urea groups is 1. The van der Waals surface area contributed by atoms with Gasteiger partial charge in [-0.25, -0.2) is 9.59 Å². The monoisotopic (exact) mass is 259 g/mol. The van der Waals surface area contributed by atoms with Gasteiger partial charge < -0.3 is 19.8 Å². The van der Waals surface area contributed by atoms with Gasteiger partial charge in [0.1, 0.15) is 6.04 Å². The molecule has 6 nitrogen and oxygen atoms in total. The molecule has 2 heterocycles. The van der Waals surface area contributed by atoms with E-state index in [0.29, 0.717) is 24.7 Å². The molecule has 2 saturated heterocycles. The molecule has 0 bridgehead atoms. The summed E-state index contributed by atoms with van der Waals surface area (Å²) < 4.78 is 0. The number of hydrogen-bond acceptors (Lipinski definition) is 4. The van der Waals surface area contributed by atoms with E-state index in [0.717, 1.165) is 13.1 Å². The number of carbonyl (C=O) groups is 2. The Hall–Kier alpha value is -0.950. The van der Waals surface area contributed by atoms with Gasteiger partial charge in [0, 0.05) is 31.9 Å². The average molecular weight is 259 g/mol. The minimum absolute atomic E-state index is 0.129. The highest BCUT2D eigenvalue weighted by molar-refractivity contribution is 7.99. The highest BCUT2D eigenvalue weighted by Gasteiger charge is 2.37. The Labute approximate surface area is 105 Å². The van der Waals surface area contributed by atoms with Gasteiger partial charge in [-0.3, -0.25) is 0 Å². The third-order valence-electron chi connectivity index (χ3n) is 3.19. The number of rotatable bonds is 1. The van der Waals surface area contributed by atoms with Crippen LogP contribution < -0.4 is 0 Å². The predicted octanol–water partition coefficient (Wildman–Crippen LogP) is -0.187. The SMILES string of the molecule is CN1CCN(C(=O)N2CSC[C@H]2C(=O)O)CC1. The van der Waals surface area contributed by atoms with Crippen molar-refractivity contribution < 1.29 is 14.7 Å². The number of likely N-dealkylation sites (N-methyl/N-ethyl adjacent to an activating group) is 1. The Kier molecular flexibility index (Phi) is 3.78. The predicted molar refractivity (Wildman–Crippen MR) is 65.1 cm³/mol. The van der Waals surface area contributed by atoms with E-state index < -0.39 is 12.0 Å². The summed E-state index contributed by atoms with van der Waals surface area (Å²) in [7, 11) is 2.02. The van der Waals surface area contributed by atoms with E-state index in [4.69, 9.17) is 5.11 Å². The van der Waals surface area contributed by atoms with E-state index >= 15 is 0 Å². The van der Waals surface area contributed by atoms with Crippen molar-refractivity contribution in [1.29, 1.82) is 0 Å². The molecule has 0 aromatic rings. The molecule has 2 fully saturated rings. The first-order valence-corrected chi connectivity index (χ1v) is 6.79. The topological polar surface area (TPSA) is 64.1 Å². The normalized spacial score (nSPS) is 26.3. The van der Waals surface area contributed by atoms with Gasteiger partial charge in [0.15, 0.2) is 0 Å². The smallest absolute Gasteiger partial charge is 0.327 e. The first kappa shape index (κ1) is 12.5. The van der Waals surface area contributed by atoms with Crippen molar-refractivity contribution >= 4 is 23.8 Å². The van der Waals surface area contributed by atoms with Crippen LogP contribution >= 0.6 is 11.8 Å². The van der Waals surface area contributed by atoms with Crippen LogP contribution in [-0.2, 0) is 4.79 Å². The number of hydrogen-bond donors (Lipinski definition) is 1. The zero-order chi connectivity index (χ0) is 12.4. The Balaban J connectivity index is 1.97. The summed E-state index contributed by atoms with van der Waals surface area (Å²) in [5.74, 6) is 0.0780. The van der Waals surface area contributed by atoms with Gasteiger partial charge in [0.25, 0.3) is 0 Å². The van der Waals surface area contributed by atoms with Crippen LogP contribution in [0.2, 0.25) is 0 Å². The van der Waals surface area contributed by atoms with Crippen LogP contribution in [0.25, 0.3) is 0 Å². The molecule has 7 heteroatoms. The fraction of sp³-hybridized carbons (Fsp3) is 0.800. The molecule has 1 atom stereocenters. The summed E-state index contributed by atoms with van der Waals surface area (Å²) in [4.78, 5) is 28.6. The maximum atomic E-state index is 12.2. The molecular formula is C10H17N3O3S. The second-order valence-corrected chi connectivity index (χ2v) is 5.40. The van der Waals surface area contributed by atoms with E-state index in [1.165, 1.54) is 16.7 Å². The van der Waals surface area contributed by atoms with Crippen LogP contribution in [0, 0.1) is 0 Å². The fourth-order valence-corrected chi connectivity index (χ4v) is 3.15. The third-order valence-corrected chi connectivity index (χ3v) is 4.20. The lowest BCUT2D eigenvalue weighted by atomic mass is 10.3. The van der Waals surface area contributed by atoms with Gasteiger partial charge in [0.2, 0.25) is 0 Å². The van der Waals surface area contributed by atoms with Crippen LogP contribution in [-0.4, -0.2) is 82.7 Å². The molecule has 2 aliphatic heterocycles. The number of thioether (sulfide) groups is 1. The van der Waals surface area contributed by atoms with Gasteiger partial charge >= 0.3 is 12.0 Å². The Morgan fingerprint density at radius 3 is 2.47 bits per heavy atom. The van der Waals surface area contributed by atoms with E-state index in [-0.39, 0.29) is 6.03 Å². The van der Waals surface area contributed by atoms with Crippen molar-refractivity contribution in [3.63, 3.8) is 0 Å². The summed E-state index contributed by atoms with van der Waals surface area (Å²) in [6.45, 7) is 3.07. The molecule has 96 valence electrons. The average Bonchev–Trinajstić information content (AvgIpc) is 2.78. The maximum absolute atomic E-state index is 12.2. The minimum Gasteiger partial charge on any atom is -0.480 e. The molecule has 0 aliphatic carbocycles. The lowest BCUT2D eigenvalue weighted by Crippen LogP contribution is -2.54. The van der Waals surface area contributed by atoms with Gasteiger partial charge in [-0.05, 0) is 7.05 Å². The second-order valence-electron chi connectivity index (χ2n) is 4.40. The first-order chi connectivity index (χ1) is 8.09. The van der Waals surface area contributed by atoms with E-state index in [1.54, 1.807) is 4.90 Å². The Bertz CT molecular complexity index is 318. The molecule has 0 saturated carbocycles. The molecule has 2 aliphatic rings. The number of carboxylic acids is 1. The molecule has 0 aromatic heterocycles. The van der Waals surface area contributed by atoms with Gasteiger partial charge in [-0.15, -0.1) is 11.8 Å². The number of piperazine rings is 1. The Morgan fingerprint density at radius 1 is 1.24 bits per heavy atom. The second kappa shape index (κ2) is 5.14. The number of amides is 2. The molecule has 0 aromatic carbocycles. The van der Waals surface area contributed by atoms with Crippen LogP contribution in [0.3, 0.4) is 0 Å². The third kappa shape index (κ3) is 2.66. The lowest BCUT2D eigenvalue weighted by Gasteiger charge is -2.35. The Morgan fingerprint density at radius 2 is 1.88 bits per heavy atom. The molecule has 2 amide bonds. The van der Waals surface area contributed by atoms with Gasteiger partial charge in [0.05, 0.1) is 5.88 Å². The molecule has 0 radical (unpaired) electrons. The van der Waals surface area contributed by atoms with Crippen molar-refractivity contribution in [1.82, 2.24) is 14.7 Å².